The van der Waals surface area contributed by atoms with E-state index in [1.165, 1.54) is 0 Å². The Hall–Kier alpha value is -1.53. The fraction of sp³-hybridized carbons (Fsp3) is 0.500. The van der Waals surface area contributed by atoms with Crippen LogP contribution in [0.5, 0.6) is 0 Å². The molecule has 9 nitrogen and oxygen atoms in total. The first-order chi connectivity index (χ1) is 21.4. The first kappa shape index (κ1) is 36.3. The molecule has 1 aromatic carbocycles. The number of benzene rings is 1. The van der Waals surface area contributed by atoms with E-state index in [1.807, 2.05) is 46.4 Å². The molecule has 3 N–H and O–H groups in total. The molecule has 0 amide bonds. The lowest BCUT2D eigenvalue weighted by Crippen LogP contribution is -2.38. The number of hydrogen-bond acceptors (Lipinski definition) is 3. The van der Waals surface area contributed by atoms with Crippen LogP contribution in [-0.4, -0.2) is 48.8 Å². The van der Waals surface area contributed by atoms with E-state index in [2.05, 4.69) is 20.8 Å². The highest BCUT2D eigenvalue weighted by Crippen LogP contribution is 2.30. The predicted molar refractivity (Wildman–Crippen MR) is 177 cm³/mol. The molecule has 0 aliphatic carbocycles. The lowest BCUT2D eigenvalue weighted by atomic mass is 9.87. The number of aryl methyl sites for hydroxylation is 3. The normalized spacial score (nSPS) is 11.7. The van der Waals surface area contributed by atoms with Gasteiger partial charge < -0.3 is 15.3 Å². The summed E-state index contributed by atoms with van der Waals surface area (Å²) in [6.45, 7) is 9.40. The second-order valence-corrected chi connectivity index (χ2v) is 13.2. The van der Waals surface area contributed by atoms with E-state index in [1.54, 1.807) is 0 Å². The van der Waals surface area contributed by atoms with Crippen LogP contribution in [0.1, 0.15) is 52.6 Å². The van der Waals surface area contributed by atoms with Crippen molar-refractivity contribution in [2.75, 3.05) is 19.8 Å². The maximum absolute atomic E-state index is 9.33. The van der Waals surface area contributed by atoms with Crippen LogP contribution in [0.15, 0.2) is 19.0 Å². The van der Waals surface area contributed by atoms with Gasteiger partial charge in [-0.25, -0.2) is 27.4 Å². The van der Waals surface area contributed by atoms with E-state index in [9.17, 15) is 15.3 Å². The number of nitrogens with zero attached hydrogens (tertiary/aromatic N) is 6. The van der Waals surface area contributed by atoms with Crippen molar-refractivity contribution in [3.8, 4) is 0 Å². The van der Waals surface area contributed by atoms with Crippen molar-refractivity contribution in [2.24, 2.45) is 0 Å². The van der Waals surface area contributed by atoms with Gasteiger partial charge in [0.15, 0.2) is 0 Å². The molecule has 0 radical (unpaired) electrons. The van der Waals surface area contributed by atoms with Gasteiger partial charge in [0.1, 0.15) is 19.6 Å². The summed E-state index contributed by atoms with van der Waals surface area (Å²) < 4.78 is 11.2. The number of aliphatic hydroxyl groups excluding tert-OH is 3. The minimum absolute atomic E-state index is 0.0486. The SMILES string of the molecule is Cc1c(C[n+]2cn(CCCO)c(Cl)c2Cl)c(C)c(C[n+]2cn(CCCO)c(Cl)c2Cl)c(C)c1C[n+]1cn(CCCO)c(Cl)c1Cl. The summed E-state index contributed by atoms with van der Waals surface area (Å²) in [5.74, 6) is 0. The summed E-state index contributed by atoms with van der Waals surface area (Å²) in [5, 5.41) is 30.5. The molecule has 3 heterocycles. The first-order valence-electron chi connectivity index (χ1n) is 14.7. The number of hydrogen-bond donors (Lipinski definition) is 3. The topological polar surface area (TPSA) is 87.1 Å². The average Bonchev–Trinajstić information content (AvgIpc) is 3.57. The third kappa shape index (κ3) is 7.79. The van der Waals surface area contributed by atoms with Crippen LogP contribution in [0.25, 0.3) is 0 Å². The third-order valence-corrected chi connectivity index (χ3v) is 10.9. The number of aliphatic hydroxyl groups is 3. The van der Waals surface area contributed by atoms with Crippen LogP contribution in [0.4, 0.5) is 0 Å². The van der Waals surface area contributed by atoms with Crippen molar-refractivity contribution in [3.05, 3.63) is 83.3 Å². The van der Waals surface area contributed by atoms with Gasteiger partial charge in [-0.05, 0) is 107 Å². The van der Waals surface area contributed by atoms with E-state index >= 15 is 0 Å². The maximum atomic E-state index is 9.33. The van der Waals surface area contributed by atoms with Crippen LogP contribution in [0, 0.1) is 20.8 Å². The molecule has 0 unspecified atom stereocenters. The standard InChI is InChI=1S/C30H39Cl6N6O3/c1-19-22(13-40-16-37(7-4-10-43)25(31)28(40)34)20(2)24(15-42-18-39(9-6-12-45)27(33)30(42)36)21(3)23(19)14-41-17-38(8-5-11-44)26(32)29(41)35/h16-18,43-45H,4-15H2,1-3H3/q+3. The zero-order valence-corrected chi connectivity index (χ0v) is 30.0. The smallest absolute Gasteiger partial charge is 0.255 e. The molecule has 0 aliphatic heterocycles. The number of rotatable bonds is 15. The lowest BCUT2D eigenvalue weighted by molar-refractivity contribution is -0.687. The molecule has 0 spiro atoms. The molecular weight excluding hydrogens is 705 g/mol. The van der Waals surface area contributed by atoms with E-state index in [0.29, 0.717) is 89.4 Å². The van der Waals surface area contributed by atoms with Crippen molar-refractivity contribution in [1.29, 1.82) is 0 Å². The fourth-order valence-electron chi connectivity index (χ4n) is 5.65. The van der Waals surface area contributed by atoms with Crippen molar-refractivity contribution in [2.45, 2.75) is 79.3 Å². The molecule has 0 fully saturated rings. The number of aromatic nitrogens is 6. The van der Waals surface area contributed by atoms with Gasteiger partial charge in [0.2, 0.25) is 19.0 Å². The summed E-state index contributed by atoms with van der Waals surface area (Å²) in [6.07, 6.45) is 7.28. The highest BCUT2D eigenvalue weighted by atomic mass is 35.5. The molecule has 0 aliphatic rings. The summed E-state index contributed by atoms with van der Waals surface area (Å²) in [5.41, 5.74) is 6.44. The van der Waals surface area contributed by atoms with E-state index in [0.717, 1.165) is 33.4 Å². The monoisotopic (exact) mass is 741 g/mol. The number of imidazole rings is 3. The van der Waals surface area contributed by atoms with E-state index in [-0.39, 0.29) is 19.8 Å². The van der Waals surface area contributed by atoms with Crippen LogP contribution < -0.4 is 13.7 Å². The second kappa shape index (κ2) is 16.0. The summed E-state index contributed by atoms with van der Waals surface area (Å²) in [7, 11) is 0. The Morgan fingerprint density at radius 3 is 0.956 bits per heavy atom. The van der Waals surface area contributed by atoms with Gasteiger partial charge in [0, 0.05) is 55.8 Å². The predicted octanol–water partition coefficient (Wildman–Crippen LogP) is 5.09. The van der Waals surface area contributed by atoms with Gasteiger partial charge in [-0.2, -0.15) is 0 Å². The molecule has 45 heavy (non-hydrogen) atoms. The van der Waals surface area contributed by atoms with Gasteiger partial charge >= 0.3 is 0 Å². The summed E-state index contributed by atoms with van der Waals surface area (Å²) in [4.78, 5) is 0. The molecule has 0 atom stereocenters. The highest BCUT2D eigenvalue weighted by Gasteiger charge is 2.28. The molecule has 0 bridgehead atoms. The second-order valence-electron chi connectivity index (χ2n) is 11.1. The van der Waals surface area contributed by atoms with E-state index < -0.39 is 0 Å². The largest absolute Gasteiger partial charge is 0.396 e. The van der Waals surface area contributed by atoms with Crippen molar-refractivity contribution in [1.82, 2.24) is 13.7 Å². The quantitative estimate of drug-likeness (QED) is 0.148. The molecule has 4 aromatic rings. The molecule has 246 valence electrons. The van der Waals surface area contributed by atoms with Crippen LogP contribution >= 0.6 is 69.6 Å². The third-order valence-electron chi connectivity index (χ3n) is 8.23. The minimum atomic E-state index is 0.0486. The van der Waals surface area contributed by atoms with Gasteiger partial charge in [0.05, 0.1) is 19.6 Å². The Morgan fingerprint density at radius 2 is 0.733 bits per heavy atom. The molecule has 0 saturated heterocycles. The molecular formula is C30H39Cl6N6O3+3. The minimum Gasteiger partial charge on any atom is -0.396 e. The van der Waals surface area contributed by atoms with Gasteiger partial charge in [-0.3, -0.25) is 0 Å². The Morgan fingerprint density at radius 1 is 0.489 bits per heavy atom. The molecule has 15 heteroatoms. The molecule has 3 aromatic heterocycles. The van der Waals surface area contributed by atoms with Crippen LogP contribution in [-0.2, 0) is 39.3 Å². The Bertz CT molecular complexity index is 1450. The van der Waals surface area contributed by atoms with Gasteiger partial charge in [0.25, 0.3) is 30.9 Å². The number of halogens is 6. The van der Waals surface area contributed by atoms with Crippen molar-refractivity contribution < 1.29 is 29.0 Å². The van der Waals surface area contributed by atoms with Crippen molar-refractivity contribution in [3.63, 3.8) is 0 Å². The van der Waals surface area contributed by atoms with Gasteiger partial charge in [-0.1, -0.05) is 0 Å². The van der Waals surface area contributed by atoms with Gasteiger partial charge in [-0.15, -0.1) is 0 Å². The van der Waals surface area contributed by atoms with Crippen LogP contribution in [0.2, 0.25) is 30.9 Å². The highest BCUT2D eigenvalue weighted by molar-refractivity contribution is 6.40. The summed E-state index contributed by atoms with van der Waals surface area (Å²) in [6, 6.07) is 0. The summed E-state index contributed by atoms with van der Waals surface area (Å²) >= 11 is 39.9. The first-order valence-corrected chi connectivity index (χ1v) is 16.9. The zero-order chi connectivity index (χ0) is 33.0. The molecule has 0 saturated carbocycles. The average molecular weight is 744 g/mol. The Kier molecular flexibility index (Phi) is 12.9. The maximum Gasteiger partial charge on any atom is 0.255 e. The lowest BCUT2D eigenvalue weighted by Gasteiger charge is -2.20. The Labute approximate surface area is 293 Å². The van der Waals surface area contributed by atoms with Crippen LogP contribution in [0.3, 0.4) is 0 Å². The zero-order valence-electron chi connectivity index (χ0n) is 25.5. The molecule has 4 rings (SSSR count). The van der Waals surface area contributed by atoms with E-state index in [4.69, 9.17) is 69.6 Å². The fourth-order valence-corrected chi connectivity index (χ4v) is 7.00. The van der Waals surface area contributed by atoms with Crippen molar-refractivity contribution >= 4 is 69.6 Å². The Balaban J connectivity index is 1.85.